The van der Waals surface area contributed by atoms with E-state index in [2.05, 4.69) is 12.2 Å². The zero-order valence-electron chi connectivity index (χ0n) is 14.3. The van der Waals surface area contributed by atoms with Gasteiger partial charge in [0.2, 0.25) is 0 Å². The highest BCUT2D eigenvalue weighted by molar-refractivity contribution is 6.09. The van der Waals surface area contributed by atoms with Crippen LogP contribution in [0.25, 0.3) is 0 Å². The first kappa shape index (κ1) is 19.2. The van der Waals surface area contributed by atoms with E-state index in [1.807, 2.05) is 13.1 Å². The van der Waals surface area contributed by atoms with Gasteiger partial charge in [0.05, 0.1) is 17.9 Å². The quantitative estimate of drug-likeness (QED) is 0.450. The average Bonchev–Trinajstić information content (AvgIpc) is 2.58. The highest BCUT2D eigenvalue weighted by atomic mass is 16.5. The molecule has 0 spiro atoms. The highest BCUT2D eigenvalue weighted by Crippen LogP contribution is 2.17. The van der Waals surface area contributed by atoms with Crippen LogP contribution in [-0.4, -0.2) is 37.0 Å². The summed E-state index contributed by atoms with van der Waals surface area (Å²) in [4.78, 5) is 26.0. The molecule has 128 valence electrons. The summed E-state index contributed by atoms with van der Waals surface area (Å²) in [5, 5.41) is 11.8. The molecule has 6 nitrogen and oxygen atoms in total. The minimum atomic E-state index is -0.558. The van der Waals surface area contributed by atoms with Crippen molar-refractivity contribution in [2.45, 2.75) is 26.7 Å². The van der Waals surface area contributed by atoms with Gasteiger partial charge in [-0.05, 0) is 25.5 Å². The lowest BCUT2D eigenvalue weighted by Crippen LogP contribution is -2.20. The van der Waals surface area contributed by atoms with E-state index in [0.29, 0.717) is 5.69 Å². The van der Waals surface area contributed by atoms with Crippen molar-refractivity contribution in [3.8, 4) is 6.07 Å². The van der Waals surface area contributed by atoms with Crippen LogP contribution in [0.5, 0.6) is 0 Å². The van der Waals surface area contributed by atoms with Gasteiger partial charge in [-0.3, -0.25) is 4.79 Å². The van der Waals surface area contributed by atoms with Crippen LogP contribution in [0, 0.1) is 11.3 Å². The van der Waals surface area contributed by atoms with Crippen LogP contribution in [-0.2, 0) is 9.53 Å². The molecule has 0 saturated carbocycles. The number of rotatable bonds is 8. The zero-order valence-corrected chi connectivity index (χ0v) is 14.3. The van der Waals surface area contributed by atoms with E-state index < -0.39 is 11.9 Å². The Balaban J connectivity index is 2.92. The van der Waals surface area contributed by atoms with Crippen LogP contribution in [0.1, 0.15) is 37.0 Å². The van der Waals surface area contributed by atoms with Gasteiger partial charge in [-0.25, -0.2) is 4.79 Å². The van der Waals surface area contributed by atoms with Gasteiger partial charge in [0, 0.05) is 19.8 Å². The van der Waals surface area contributed by atoms with Crippen LogP contribution in [0.2, 0.25) is 0 Å². The van der Waals surface area contributed by atoms with Gasteiger partial charge in [0.15, 0.2) is 0 Å². The van der Waals surface area contributed by atoms with E-state index in [9.17, 15) is 14.9 Å². The van der Waals surface area contributed by atoms with Gasteiger partial charge in [-0.2, -0.15) is 5.26 Å². The number of hydrogen-bond acceptors (Lipinski definition) is 5. The molecular weight excluding hydrogens is 306 g/mol. The third-order valence-corrected chi connectivity index (χ3v) is 3.25. The molecular formula is C18H23N3O3. The smallest absolute Gasteiger partial charge is 0.340 e. The Kier molecular flexibility index (Phi) is 8.06. The third kappa shape index (κ3) is 5.76. The summed E-state index contributed by atoms with van der Waals surface area (Å²) in [6.07, 6.45) is 3.51. The van der Waals surface area contributed by atoms with Crippen LogP contribution in [0.3, 0.4) is 0 Å². The van der Waals surface area contributed by atoms with Crippen molar-refractivity contribution >= 4 is 17.6 Å². The number of ether oxygens (including phenoxy) is 1. The van der Waals surface area contributed by atoms with Gasteiger partial charge in [0.1, 0.15) is 11.6 Å². The fraction of sp³-hybridized carbons (Fsp3) is 0.389. The van der Waals surface area contributed by atoms with Crippen molar-refractivity contribution in [3.05, 3.63) is 41.6 Å². The van der Waals surface area contributed by atoms with Crippen molar-refractivity contribution in [3.63, 3.8) is 0 Å². The number of nitriles is 1. The normalized spacial score (nSPS) is 10.7. The molecule has 0 aliphatic carbocycles. The van der Waals surface area contributed by atoms with Crippen molar-refractivity contribution in [2.24, 2.45) is 0 Å². The maximum Gasteiger partial charge on any atom is 0.340 e. The Bertz CT molecular complexity index is 647. The lowest BCUT2D eigenvalue weighted by atomic mass is 10.1. The molecule has 0 aliphatic rings. The largest absolute Gasteiger partial charge is 0.462 e. The molecule has 0 aromatic heterocycles. The SMILES string of the molecule is CCCCN(C)/C=C(/C#N)C(=O)Nc1ccccc1C(=O)OCC. The second kappa shape index (κ2) is 10.1. The molecule has 1 rings (SSSR count). The fourth-order valence-electron chi connectivity index (χ4n) is 2.00. The summed E-state index contributed by atoms with van der Waals surface area (Å²) in [6, 6.07) is 8.44. The van der Waals surface area contributed by atoms with Crippen molar-refractivity contribution in [1.29, 1.82) is 5.26 Å². The summed E-state index contributed by atoms with van der Waals surface area (Å²) < 4.78 is 4.97. The maximum atomic E-state index is 12.3. The molecule has 1 aromatic rings. The molecule has 1 amide bonds. The average molecular weight is 329 g/mol. The molecule has 0 bridgehead atoms. The van der Waals surface area contributed by atoms with E-state index in [4.69, 9.17) is 4.74 Å². The number of benzene rings is 1. The first-order valence-electron chi connectivity index (χ1n) is 7.93. The Hall–Kier alpha value is -2.81. The van der Waals surface area contributed by atoms with Gasteiger partial charge in [-0.15, -0.1) is 0 Å². The Morgan fingerprint density at radius 2 is 2.04 bits per heavy atom. The lowest BCUT2D eigenvalue weighted by Gasteiger charge is -2.14. The van der Waals surface area contributed by atoms with Crippen molar-refractivity contribution in [1.82, 2.24) is 4.90 Å². The van der Waals surface area contributed by atoms with Gasteiger partial charge in [0.25, 0.3) is 5.91 Å². The van der Waals surface area contributed by atoms with Crippen LogP contribution in [0.15, 0.2) is 36.0 Å². The topological polar surface area (TPSA) is 82.4 Å². The second-order valence-corrected chi connectivity index (χ2v) is 5.21. The molecule has 0 fully saturated rings. The monoisotopic (exact) mass is 329 g/mol. The van der Waals surface area contributed by atoms with Crippen molar-refractivity contribution in [2.75, 3.05) is 25.5 Å². The molecule has 0 radical (unpaired) electrons. The van der Waals surface area contributed by atoms with E-state index in [1.54, 1.807) is 36.1 Å². The number of esters is 1. The lowest BCUT2D eigenvalue weighted by molar-refractivity contribution is -0.112. The Morgan fingerprint density at radius 3 is 2.67 bits per heavy atom. The maximum absolute atomic E-state index is 12.3. The Labute approximate surface area is 142 Å². The third-order valence-electron chi connectivity index (χ3n) is 3.25. The Morgan fingerprint density at radius 1 is 1.33 bits per heavy atom. The van der Waals surface area contributed by atoms with Gasteiger partial charge in [-0.1, -0.05) is 25.5 Å². The number of hydrogen-bond donors (Lipinski definition) is 1. The van der Waals surface area contributed by atoms with Crippen LogP contribution in [0.4, 0.5) is 5.69 Å². The van der Waals surface area contributed by atoms with Gasteiger partial charge < -0.3 is 15.0 Å². The minimum Gasteiger partial charge on any atom is -0.462 e. The molecule has 1 N–H and O–H groups in total. The number of anilines is 1. The summed E-state index contributed by atoms with van der Waals surface area (Å²) in [7, 11) is 1.81. The van der Waals surface area contributed by atoms with Crippen molar-refractivity contribution < 1.29 is 14.3 Å². The molecule has 6 heteroatoms. The molecule has 0 unspecified atom stereocenters. The predicted octanol–water partition coefficient (Wildman–Crippen LogP) is 2.94. The number of amides is 1. The summed E-state index contributed by atoms with van der Waals surface area (Å²) in [5.41, 5.74) is 0.551. The molecule has 0 saturated heterocycles. The van der Waals surface area contributed by atoms with E-state index >= 15 is 0 Å². The second-order valence-electron chi connectivity index (χ2n) is 5.21. The van der Waals surface area contributed by atoms with E-state index in [1.165, 1.54) is 6.20 Å². The van der Waals surface area contributed by atoms with Crippen LogP contribution < -0.4 is 5.32 Å². The van der Waals surface area contributed by atoms with E-state index in [0.717, 1.165) is 19.4 Å². The summed E-state index contributed by atoms with van der Waals surface area (Å²) in [5.74, 6) is -1.08. The zero-order chi connectivity index (χ0) is 17.9. The highest BCUT2D eigenvalue weighted by Gasteiger charge is 2.16. The first-order valence-corrected chi connectivity index (χ1v) is 7.93. The molecule has 0 heterocycles. The standard InChI is InChI=1S/C18H23N3O3/c1-4-6-11-21(3)13-14(12-19)17(22)20-16-10-8-7-9-15(16)18(23)24-5-2/h7-10,13H,4-6,11H2,1-3H3,(H,20,22)/b14-13-. The first-order chi connectivity index (χ1) is 11.5. The van der Waals surface area contributed by atoms with E-state index in [-0.39, 0.29) is 17.7 Å². The fourth-order valence-corrected chi connectivity index (χ4v) is 2.00. The molecule has 0 atom stereocenters. The number of nitrogens with one attached hydrogen (secondary N) is 1. The van der Waals surface area contributed by atoms with Gasteiger partial charge >= 0.3 is 5.97 Å². The number of carbonyl (C=O) groups is 2. The molecule has 24 heavy (non-hydrogen) atoms. The number of unbranched alkanes of at least 4 members (excludes halogenated alkanes) is 1. The summed E-state index contributed by atoms with van der Waals surface area (Å²) >= 11 is 0. The minimum absolute atomic E-state index is 0.0211. The predicted molar refractivity (Wildman–Crippen MR) is 92.3 cm³/mol. The number of para-hydroxylation sites is 1. The number of nitrogens with zero attached hydrogens (tertiary/aromatic N) is 2. The molecule has 0 aliphatic heterocycles. The van der Waals surface area contributed by atoms with Crippen LogP contribution >= 0.6 is 0 Å². The molecule has 1 aromatic carbocycles. The summed E-state index contributed by atoms with van der Waals surface area (Å²) in [6.45, 7) is 4.78. The number of carbonyl (C=O) groups excluding carboxylic acids is 2.